The average Bonchev–Trinajstić information content (AvgIpc) is 2.65. The molecule has 0 heterocycles. The van der Waals surface area contributed by atoms with Gasteiger partial charge >= 0.3 is 0 Å². The second-order valence-electron chi connectivity index (χ2n) is 4.05. The van der Waals surface area contributed by atoms with Crippen molar-refractivity contribution in [3.8, 4) is 0 Å². The molecule has 64 valence electrons. The van der Waals surface area contributed by atoms with Crippen molar-refractivity contribution in [3.05, 3.63) is 0 Å². The zero-order valence-electron chi connectivity index (χ0n) is 7.76. The Balaban J connectivity index is 2.21. The standard InChI is InChI=1S/C10H18O/c1-4-10(11)9-6-8(9)5-7(2)3/h7-9H,4-6H2,1-3H3/t8-,9-/m1/s1. The van der Waals surface area contributed by atoms with Crippen molar-refractivity contribution in [1.29, 1.82) is 0 Å². The highest BCUT2D eigenvalue weighted by molar-refractivity contribution is 5.83. The summed E-state index contributed by atoms with van der Waals surface area (Å²) >= 11 is 0. The van der Waals surface area contributed by atoms with Crippen LogP contribution in [0.5, 0.6) is 0 Å². The van der Waals surface area contributed by atoms with Crippen LogP contribution in [0.4, 0.5) is 0 Å². The molecule has 1 aliphatic rings. The van der Waals surface area contributed by atoms with E-state index in [0.29, 0.717) is 11.7 Å². The Morgan fingerprint density at radius 2 is 2.18 bits per heavy atom. The summed E-state index contributed by atoms with van der Waals surface area (Å²) in [6.07, 6.45) is 3.15. The first kappa shape index (κ1) is 8.76. The number of hydrogen-bond acceptors (Lipinski definition) is 1. The highest BCUT2D eigenvalue weighted by atomic mass is 16.1. The molecule has 1 aliphatic carbocycles. The average molecular weight is 154 g/mol. The fourth-order valence-corrected chi connectivity index (χ4v) is 1.77. The van der Waals surface area contributed by atoms with Crippen LogP contribution in [0.2, 0.25) is 0 Å². The van der Waals surface area contributed by atoms with Gasteiger partial charge in [0.2, 0.25) is 0 Å². The molecule has 11 heavy (non-hydrogen) atoms. The van der Waals surface area contributed by atoms with Crippen LogP contribution >= 0.6 is 0 Å². The van der Waals surface area contributed by atoms with Crippen molar-refractivity contribution >= 4 is 5.78 Å². The van der Waals surface area contributed by atoms with E-state index in [2.05, 4.69) is 13.8 Å². The molecular weight excluding hydrogens is 136 g/mol. The fraction of sp³-hybridized carbons (Fsp3) is 0.900. The van der Waals surface area contributed by atoms with E-state index >= 15 is 0 Å². The van der Waals surface area contributed by atoms with Gasteiger partial charge in [0.15, 0.2) is 0 Å². The van der Waals surface area contributed by atoms with Crippen LogP contribution in [0.15, 0.2) is 0 Å². The van der Waals surface area contributed by atoms with E-state index in [1.165, 1.54) is 12.8 Å². The van der Waals surface area contributed by atoms with Crippen LogP contribution in [-0.4, -0.2) is 5.78 Å². The van der Waals surface area contributed by atoms with Gasteiger partial charge in [0, 0.05) is 12.3 Å². The molecule has 0 unspecified atom stereocenters. The summed E-state index contributed by atoms with van der Waals surface area (Å²) in [5.41, 5.74) is 0. The smallest absolute Gasteiger partial charge is 0.135 e. The van der Waals surface area contributed by atoms with E-state index in [1.807, 2.05) is 6.92 Å². The molecule has 0 saturated heterocycles. The Hall–Kier alpha value is -0.330. The zero-order chi connectivity index (χ0) is 8.43. The van der Waals surface area contributed by atoms with E-state index in [0.717, 1.165) is 18.3 Å². The molecule has 0 aromatic heterocycles. The lowest BCUT2D eigenvalue weighted by molar-refractivity contribution is -0.120. The summed E-state index contributed by atoms with van der Waals surface area (Å²) in [6.45, 7) is 6.42. The van der Waals surface area contributed by atoms with Crippen molar-refractivity contribution < 1.29 is 4.79 Å². The van der Waals surface area contributed by atoms with Crippen molar-refractivity contribution in [2.75, 3.05) is 0 Å². The Morgan fingerprint density at radius 3 is 2.64 bits per heavy atom. The van der Waals surface area contributed by atoms with Gasteiger partial charge in [0.25, 0.3) is 0 Å². The second-order valence-corrected chi connectivity index (χ2v) is 4.05. The van der Waals surface area contributed by atoms with Crippen LogP contribution in [0, 0.1) is 17.8 Å². The number of hydrogen-bond donors (Lipinski definition) is 0. The van der Waals surface area contributed by atoms with Crippen molar-refractivity contribution in [2.24, 2.45) is 17.8 Å². The Morgan fingerprint density at radius 1 is 1.55 bits per heavy atom. The van der Waals surface area contributed by atoms with E-state index < -0.39 is 0 Å². The molecule has 0 bridgehead atoms. The van der Waals surface area contributed by atoms with Gasteiger partial charge in [-0.2, -0.15) is 0 Å². The van der Waals surface area contributed by atoms with Crippen LogP contribution in [0.1, 0.15) is 40.0 Å². The molecule has 0 aromatic rings. The van der Waals surface area contributed by atoms with Gasteiger partial charge in [-0.25, -0.2) is 0 Å². The lowest BCUT2D eigenvalue weighted by Gasteiger charge is -2.01. The third-order valence-electron chi connectivity index (χ3n) is 2.46. The largest absolute Gasteiger partial charge is 0.299 e. The molecule has 0 aromatic carbocycles. The Bertz CT molecular complexity index is 149. The van der Waals surface area contributed by atoms with E-state index in [4.69, 9.17) is 0 Å². The SMILES string of the molecule is CCC(=O)[C@@H]1C[C@H]1CC(C)C. The molecule has 1 saturated carbocycles. The number of carbonyl (C=O) groups is 1. The fourth-order valence-electron chi connectivity index (χ4n) is 1.77. The Kier molecular flexibility index (Phi) is 2.69. The van der Waals surface area contributed by atoms with E-state index in [1.54, 1.807) is 0 Å². The molecule has 0 spiro atoms. The summed E-state index contributed by atoms with van der Waals surface area (Å²) in [6, 6.07) is 0. The molecule has 0 N–H and O–H groups in total. The van der Waals surface area contributed by atoms with E-state index in [-0.39, 0.29) is 0 Å². The first-order valence-electron chi connectivity index (χ1n) is 4.67. The number of rotatable bonds is 4. The topological polar surface area (TPSA) is 17.1 Å². The summed E-state index contributed by atoms with van der Waals surface area (Å²) in [4.78, 5) is 11.2. The lowest BCUT2D eigenvalue weighted by atomic mass is 10.0. The molecule has 0 radical (unpaired) electrons. The van der Waals surface area contributed by atoms with Crippen LogP contribution in [0.3, 0.4) is 0 Å². The maximum Gasteiger partial charge on any atom is 0.135 e. The zero-order valence-corrected chi connectivity index (χ0v) is 7.76. The van der Waals surface area contributed by atoms with E-state index in [9.17, 15) is 4.79 Å². The number of ketones is 1. The molecule has 0 aliphatic heterocycles. The minimum absolute atomic E-state index is 0.447. The molecule has 0 amide bonds. The monoisotopic (exact) mass is 154 g/mol. The summed E-state index contributed by atoms with van der Waals surface area (Å²) in [5, 5.41) is 0. The van der Waals surface area contributed by atoms with Gasteiger partial charge in [-0.15, -0.1) is 0 Å². The predicted octanol–water partition coefficient (Wildman–Crippen LogP) is 2.65. The minimum Gasteiger partial charge on any atom is -0.299 e. The lowest BCUT2D eigenvalue weighted by Crippen LogP contribution is -2.01. The van der Waals surface area contributed by atoms with Crippen molar-refractivity contribution in [1.82, 2.24) is 0 Å². The highest BCUT2D eigenvalue weighted by Crippen LogP contribution is 2.44. The molecule has 2 atom stereocenters. The predicted molar refractivity (Wildman–Crippen MR) is 46.4 cm³/mol. The molecule has 1 fully saturated rings. The van der Waals surface area contributed by atoms with Gasteiger partial charge in [0.1, 0.15) is 5.78 Å². The maximum atomic E-state index is 11.2. The van der Waals surface area contributed by atoms with Crippen LogP contribution in [-0.2, 0) is 4.79 Å². The first-order chi connectivity index (χ1) is 5.15. The Labute approximate surface area is 69.2 Å². The second kappa shape index (κ2) is 3.38. The summed E-state index contributed by atoms with van der Waals surface area (Å²) in [5.74, 6) is 2.43. The van der Waals surface area contributed by atoms with Crippen molar-refractivity contribution in [2.45, 2.75) is 40.0 Å². The van der Waals surface area contributed by atoms with Crippen LogP contribution in [0.25, 0.3) is 0 Å². The van der Waals surface area contributed by atoms with Gasteiger partial charge in [0.05, 0.1) is 0 Å². The third kappa shape index (κ3) is 2.32. The highest BCUT2D eigenvalue weighted by Gasteiger charge is 2.41. The van der Waals surface area contributed by atoms with Gasteiger partial charge in [-0.05, 0) is 24.7 Å². The first-order valence-corrected chi connectivity index (χ1v) is 4.67. The number of carbonyl (C=O) groups excluding carboxylic acids is 1. The molecule has 1 nitrogen and oxygen atoms in total. The molecule has 1 rings (SSSR count). The number of Topliss-reactive ketones (excluding diaryl/α,β-unsaturated/α-hetero) is 1. The summed E-state index contributed by atoms with van der Waals surface area (Å²) < 4.78 is 0. The van der Waals surface area contributed by atoms with Crippen molar-refractivity contribution in [3.63, 3.8) is 0 Å². The normalized spacial score (nSPS) is 29.1. The van der Waals surface area contributed by atoms with Crippen LogP contribution < -0.4 is 0 Å². The minimum atomic E-state index is 0.447. The van der Waals surface area contributed by atoms with Gasteiger partial charge < -0.3 is 0 Å². The third-order valence-corrected chi connectivity index (χ3v) is 2.46. The quantitative estimate of drug-likeness (QED) is 0.608. The molecule has 1 heteroatoms. The van der Waals surface area contributed by atoms with Gasteiger partial charge in [-0.3, -0.25) is 4.79 Å². The molecular formula is C10H18O. The maximum absolute atomic E-state index is 11.2. The summed E-state index contributed by atoms with van der Waals surface area (Å²) in [7, 11) is 0. The van der Waals surface area contributed by atoms with Gasteiger partial charge in [-0.1, -0.05) is 20.8 Å².